The van der Waals surface area contributed by atoms with Crippen LogP contribution in [0.5, 0.6) is 11.5 Å². The number of pyridine rings is 1. The van der Waals surface area contributed by atoms with E-state index in [4.69, 9.17) is 18.9 Å². The standard InChI is InChI=1S/C36H35NO6/c1-24-9-18-31-25(21-24)19-20-37(35(31)39)34-22-32(33(23-38)42-34)43-36(26-7-5-4-6-8-26,27-10-14-29(40-2)15-11-27)28-12-16-30(41-3)17-13-28/h4-21,32-34,38H,22-23H2,1-3H3/t32-,33+,34+/m0/s1. The molecule has 0 amide bonds. The van der Waals surface area contributed by atoms with E-state index >= 15 is 0 Å². The molecule has 220 valence electrons. The van der Waals surface area contributed by atoms with Crippen molar-refractivity contribution in [1.29, 1.82) is 0 Å². The fourth-order valence-corrected chi connectivity index (χ4v) is 6.02. The van der Waals surface area contributed by atoms with Crippen LogP contribution in [0.25, 0.3) is 10.8 Å². The van der Waals surface area contributed by atoms with Crippen LogP contribution in [0, 0.1) is 6.92 Å². The van der Waals surface area contributed by atoms with Gasteiger partial charge in [0, 0.05) is 18.0 Å². The van der Waals surface area contributed by atoms with Gasteiger partial charge >= 0.3 is 0 Å². The summed E-state index contributed by atoms with van der Waals surface area (Å²) in [7, 11) is 3.27. The lowest BCUT2D eigenvalue weighted by molar-refractivity contribution is -0.0993. The summed E-state index contributed by atoms with van der Waals surface area (Å²) >= 11 is 0. The van der Waals surface area contributed by atoms with E-state index in [9.17, 15) is 9.90 Å². The molecule has 6 rings (SSSR count). The van der Waals surface area contributed by atoms with Gasteiger partial charge in [0.2, 0.25) is 0 Å². The van der Waals surface area contributed by atoms with Crippen LogP contribution in [-0.2, 0) is 15.1 Å². The number of aliphatic hydroxyl groups excluding tert-OH is 1. The fraction of sp³-hybridized carbons (Fsp3) is 0.250. The van der Waals surface area contributed by atoms with Crippen LogP contribution in [-0.4, -0.2) is 42.7 Å². The van der Waals surface area contributed by atoms with Crippen molar-refractivity contribution in [2.24, 2.45) is 0 Å². The summed E-state index contributed by atoms with van der Waals surface area (Å²) in [5, 5.41) is 12.0. The van der Waals surface area contributed by atoms with Crippen molar-refractivity contribution in [2.75, 3.05) is 20.8 Å². The van der Waals surface area contributed by atoms with E-state index in [2.05, 4.69) is 0 Å². The Bertz CT molecular complexity index is 1700. The van der Waals surface area contributed by atoms with Gasteiger partial charge in [0.05, 0.1) is 26.9 Å². The highest BCUT2D eigenvalue weighted by atomic mass is 16.6. The van der Waals surface area contributed by atoms with E-state index in [0.717, 1.165) is 39.1 Å². The van der Waals surface area contributed by atoms with Gasteiger partial charge in [-0.1, -0.05) is 72.3 Å². The van der Waals surface area contributed by atoms with Gasteiger partial charge in [-0.15, -0.1) is 0 Å². The van der Waals surface area contributed by atoms with Gasteiger partial charge in [-0.05, 0) is 65.4 Å². The van der Waals surface area contributed by atoms with Crippen molar-refractivity contribution >= 4 is 10.8 Å². The summed E-state index contributed by atoms with van der Waals surface area (Å²) in [6.45, 7) is 1.74. The summed E-state index contributed by atoms with van der Waals surface area (Å²) in [6.07, 6.45) is 0.303. The monoisotopic (exact) mass is 577 g/mol. The van der Waals surface area contributed by atoms with Crippen molar-refractivity contribution in [3.05, 3.63) is 142 Å². The lowest BCUT2D eigenvalue weighted by Crippen LogP contribution is -2.40. The van der Waals surface area contributed by atoms with Crippen molar-refractivity contribution in [3.8, 4) is 11.5 Å². The molecule has 7 heteroatoms. The number of aliphatic hydroxyl groups is 1. The molecule has 0 radical (unpaired) electrons. The Labute approximate surface area is 250 Å². The topological polar surface area (TPSA) is 79.2 Å². The molecule has 4 aromatic carbocycles. The predicted octanol–water partition coefficient (Wildman–Crippen LogP) is 5.98. The molecule has 43 heavy (non-hydrogen) atoms. The first kappa shape index (κ1) is 28.7. The van der Waals surface area contributed by atoms with Gasteiger partial charge in [0.1, 0.15) is 29.4 Å². The van der Waals surface area contributed by atoms with Gasteiger partial charge in [-0.25, -0.2) is 0 Å². The second kappa shape index (κ2) is 12.1. The molecule has 1 saturated heterocycles. The smallest absolute Gasteiger partial charge is 0.260 e. The van der Waals surface area contributed by atoms with Gasteiger partial charge in [0.25, 0.3) is 5.56 Å². The van der Waals surface area contributed by atoms with E-state index in [1.807, 2.05) is 110 Å². The molecule has 5 aromatic rings. The highest BCUT2D eigenvalue weighted by Gasteiger charge is 2.46. The second-order valence-electron chi connectivity index (χ2n) is 10.8. The minimum Gasteiger partial charge on any atom is -0.497 e. The number of rotatable bonds is 9. The van der Waals surface area contributed by atoms with Crippen molar-refractivity contribution < 1.29 is 24.1 Å². The first-order valence-electron chi connectivity index (χ1n) is 14.4. The van der Waals surface area contributed by atoms with Gasteiger partial charge in [-0.2, -0.15) is 0 Å². The number of aryl methyl sites for hydroxylation is 1. The van der Waals surface area contributed by atoms with E-state index in [0.29, 0.717) is 11.8 Å². The highest BCUT2D eigenvalue weighted by molar-refractivity contribution is 5.82. The Morgan fingerprint density at radius 3 is 2.02 bits per heavy atom. The average molecular weight is 578 g/mol. The van der Waals surface area contributed by atoms with Crippen LogP contribution in [0.1, 0.15) is 34.9 Å². The minimum absolute atomic E-state index is 0.139. The van der Waals surface area contributed by atoms with Crippen molar-refractivity contribution in [2.45, 2.75) is 37.4 Å². The molecule has 0 spiro atoms. The minimum atomic E-state index is -1.08. The molecule has 2 heterocycles. The number of fused-ring (bicyclic) bond motifs is 1. The Hall–Kier alpha value is -4.43. The summed E-state index contributed by atoms with van der Waals surface area (Å²) in [4.78, 5) is 13.6. The van der Waals surface area contributed by atoms with E-state index < -0.39 is 24.0 Å². The molecule has 1 fully saturated rings. The van der Waals surface area contributed by atoms with Gasteiger partial charge < -0.3 is 24.1 Å². The molecule has 0 bridgehead atoms. The zero-order valence-electron chi connectivity index (χ0n) is 24.5. The first-order chi connectivity index (χ1) is 21.0. The average Bonchev–Trinajstić information content (AvgIpc) is 3.46. The third-order valence-corrected chi connectivity index (χ3v) is 8.26. The Kier molecular flexibility index (Phi) is 8.04. The predicted molar refractivity (Wildman–Crippen MR) is 166 cm³/mol. The van der Waals surface area contributed by atoms with Crippen LogP contribution in [0.15, 0.2) is 114 Å². The summed E-state index contributed by atoms with van der Waals surface area (Å²) in [5.74, 6) is 1.45. The highest BCUT2D eigenvalue weighted by Crippen LogP contribution is 2.45. The molecule has 3 atom stereocenters. The van der Waals surface area contributed by atoms with E-state index in [1.165, 1.54) is 0 Å². The maximum absolute atomic E-state index is 13.6. The SMILES string of the molecule is COc1ccc(C(O[C@H]2C[C@H](n3ccc4cc(C)ccc4c3=O)O[C@@H]2CO)(c2ccccc2)c2ccc(OC)cc2)cc1. The largest absolute Gasteiger partial charge is 0.497 e. The Balaban J connectivity index is 1.46. The number of hydrogen-bond donors (Lipinski definition) is 1. The molecule has 0 aliphatic carbocycles. The lowest BCUT2D eigenvalue weighted by Gasteiger charge is -2.39. The van der Waals surface area contributed by atoms with Gasteiger partial charge in [0.15, 0.2) is 0 Å². The number of benzene rings is 4. The van der Waals surface area contributed by atoms with Crippen molar-refractivity contribution in [1.82, 2.24) is 4.57 Å². The zero-order chi connectivity index (χ0) is 30.0. The molecule has 0 saturated carbocycles. The zero-order valence-corrected chi connectivity index (χ0v) is 24.5. The summed E-state index contributed by atoms with van der Waals surface area (Å²) in [5.41, 5.74) is 2.53. The maximum Gasteiger partial charge on any atom is 0.260 e. The van der Waals surface area contributed by atoms with E-state index in [1.54, 1.807) is 25.0 Å². The molecule has 1 aromatic heterocycles. The lowest BCUT2D eigenvalue weighted by atomic mass is 9.79. The Morgan fingerprint density at radius 2 is 1.44 bits per heavy atom. The van der Waals surface area contributed by atoms with Crippen LogP contribution < -0.4 is 15.0 Å². The fourth-order valence-electron chi connectivity index (χ4n) is 6.02. The van der Waals surface area contributed by atoms with Gasteiger partial charge in [-0.3, -0.25) is 9.36 Å². The summed E-state index contributed by atoms with van der Waals surface area (Å²) in [6, 6.07) is 33.3. The Morgan fingerprint density at radius 1 is 0.837 bits per heavy atom. The quantitative estimate of drug-likeness (QED) is 0.217. The number of nitrogens with zero attached hydrogens (tertiary/aromatic N) is 1. The third kappa shape index (κ3) is 5.31. The molecule has 7 nitrogen and oxygen atoms in total. The third-order valence-electron chi connectivity index (χ3n) is 8.26. The molecule has 1 aliphatic rings. The van der Waals surface area contributed by atoms with E-state index in [-0.39, 0.29) is 12.2 Å². The molecule has 0 unspecified atom stereocenters. The van der Waals surface area contributed by atoms with Crippen LogP contribution in [0.2, 0.25) is 0 Å². The van der Waals surface area contributed by atoms with Crippen molar-refractivity contribution in [3.63, 3.8) is 0 Å². The summed E-state index contributed by atoms with van der Waals surface area (Å²) < 4.78 is 26.1. The number of hydrogen-bond acceptors (Lipinski definition) is 6. The maximum atomic E-state index is 13.6. The van der Waals surface area contributed by atoms with Crippen LogP contribution in [0.3, 0.4) is 0 Å². The number of methoxy groups -OCH3 is 2. The molecular formula is C36H35NO6. The molecular weight excluding hydrogens is 542 g/mol. The van der Waals surface area contributed by atoms with Crippen LogP contribution >= 0.6 is 0 Å². The van der Waals surface area contributed by atoms with Crippen LogP contribution in [0.4, 0.5) is 0 Å². The molecule has 1 N–H and O–H groups in total. The second-order valence-corrected chi connectivity index (χ2v) is 10.8. The molecule has 1 aliphatic heterocycles. The number of aromatic nitrogens is 1. The first-order valence-corrected chi connectivity index (χ1v) is 14.4. The number of ether oxygens (including phenoxy) is 4. The normalized spacial score (nSPS) is 18.6.